The van der Waals surface area contributed by atoms with E-state index in [0.29, 0.717) is 17.7 Å². The Kier molecular flexibility index (Phi) is 5.61. The number of Topliss-reactive ketones (excluding diaryl/α,β-unsaturated/α-hetero) is 1. The molecule has 0 aliphatic heterocycles. The fraction of sp³-hybridized carbons (Fsp3) is 0.150. The topological polar surface area (TPSA) is 20.3 Å². The molecule has 0 fully saturated rings. The molecule has 0 heterocycles. The minimum Gasteiger partial charge on any atom is -0.305 e. The van der Waals surface area contributed by atoms with Gasteiger partial charge in [0.2, 0.25) is 0 Å². The Balaban J connectivity index is 2.42. The molecule has 0 bridgehead atoms. The van der Waals surface area contributed by atoms with E-state index in [1.54, 1.807) is 18.2 Å². The summed E-state index contributed by atoms with van der Waals surface area (Å²) in [5, 5.41) is 0. The highest BCUT2D eigenvalue weighted by Gasteiger charge is 2.16. The standard InChI is InChI=1S/C20H20FNO/c1-15(14-22(2)3)20(23)19(17-7-5-4-6-8-17)13-16-9-11-18(21)12-10-16/h4-13H,1,14H2,2-3H3/b19-13-. The number of carbonyl (C=O) groups is 1. The molecule has 3 heteroatoms. The van der Waals surface area contributed by atoms with Crippen LogP contribution in [0.3, 0.4) is 0 Å². The second kappa shape index (κ2) is 7.65. The predicted molar refractivity (Wildman–Crippen MR) is 93.4 cm³/mol. The van der Waals surface area contributed by atoms with Crippen LogP contribution in [-0.4, -0.2) is 31.3 Å². The third-order valence-electron chi connectivity index (χ3n) is 3.34. The van der Waals surface area contributed by atoms with Crippen molar-refractivity contribution < 1.29 is 9.18 Å². The molecule has 0 radical (unpaired) electrons. The molecule has 23 heavy (non-hydrogen) atoms. The van der Waals surface area contributed by atoms with Crippen LogP contribution in [0.1, 0.15) is 11.1 Å². The van der Waals surface area contributed by atoms with Gasteiger partial charge in [-0.05, 0) is 43.4 Å². The first kappa shape index (κ1) is 16.8. The summed E-state index contributed by atoms with van der Waals surface area (Å²) in [7, 11) is 3.79. The van der Waals surface area contributed by atoms with Crippen LogP contribution >= 0.6 is 0 Å². The molecule has 118 valence electrons. The van der Waals surface area contributed by atoms with Crippen LogP contribution in [0.25, 0.3) is 11.6 Å². The Hall–Kier alpha value is -2.52. The predicted octanol–water partition coefficient (Wildman–Crippen LogP) is 4.05. The first-order valence-electron chi connectivity index (χ1n) is 7.37. The molecule has 0 spiro atoms. The van der Waals surface area contributed by atoms with Crippen LogP contribution in [0.5, 0.6) is 0 Å². The summed E-state index contributed by atoms with van der Waals surface area (Å²) in [5.74, 6) is -0.402. The molecule has 2 aromatic carbocycles. The van der Waals surface area contributed by atoms with Crippen molar-refractivity contribution in [3.8, 4) is 0 Å². The first-order valence-corrected chi connectivity index (χ1v) is 7.37. The second-order valence-corrected chi connectivity index (χ2v) is 5.65. The van der Waals surface area contributed by atoms with Crippen molar-refractivity contribution in [2.75, 3.05) is 20.6 Å². The second-order valence-electron chi connectivity index (χ2n) is 5.65. The van der Waals surface area contributed by atoms with Gasteiger partial charge < -0.3 is 4.90 Å². The summed E-state index contributed by atoms with van der Waals surface area (Å²) in [6.45, 7) is 4.40. The smallest absolute Gasteiger partial charge is 0.190 e. The van der Waals surface area contributed by atoms with Gasteiger partial charge in [0.05, 0.1) is 0 Å². The normalized spacial score (nSPS) is 11.6. The van der Waals surface area contributed by atoms with E-state index in [1.807, 2.05) is 49.3 Å². The summed E-state index contributed by atoms with van der Waals surface area (Å²) >= 11 is 0. The number of rotatable bonds is 6. The number of ketones is 1. The number of carbonyl (C=O) groups excluding carboxylic acids is 1. The number of halogens is 1. The molecule has 2 nitrogen and oxygen atoms in total. The fourth-order valence-electron chi connectivity index (χ4n) is 2.27. The number of allylic oxidation sites excluding steroid dienone is 1. The largest absolute Gasteiger partial charge is 0.305 e. The minimum absolute atomic E-state index is 0.103. The van der Waals surface area contributed by atoms with E-state index in [2.05, 4.69) is 6.58 Å². The Morgan fingerprint density at radius 1 is 1.09 bits per heavy atom. The molecule has 0 aromatic heterocycles. The van der Waals surface area contributed by atoms with Crippen LogP contribution in [0.15, 0.2) is 66.7 Å². The van der Waals surface area contributed by atoms with Gasteiger partial charge >= 0.3 is 0 Å². The van der Waals surface area contributed by atoms with Crippen LogP contribution in [0.4, 0.5) is 4.39 Å². The van der Waals surface area contributed by atoms with Gasteiger partial charge in [-0.3, -0.25) is 4.79 Å². The van der Waals surface area contributed by atoms with Crippen LogP contribution in [-0.2, 0) is 4.79 Å². The highest BCUT2D eigenvalue weighted by molar-refractivity contribution is 6.32. The lowest BCUT2D eigenvalue weighted by Crippen LogP contribution is -2.19. The van der Waals surface area contributed by atoms with E-state index in [-0.39, 0.29) is 11.6 Å². The van der Waals surface area contributed by atoms with Crippen LogP contribution in [0.2, 0.25) is 0 Å². The van der Waals surface area contributed by atoms with Gasteiger partial charge in [0.25, 0.3) is 0 Å². The van der Waals surface area contributed by atoms with Crippen LogP contribution in [0, 0.1) is 5.82 Å². The number of nitrogens with zero attached hydrogens (tertiary/aromatic N) is 1. The van der Waals surface area contributed by atoms with E-state index in [0.717, 1.165) is 11.1 Å². The Morgan fingerprint density at radius 3 is 2.26 bits per heavy atom. The third-order valence-corrected chi connectivity index (χ3v) is 3.34. The lowest BCUT2D eigenvalue weighted by atomic mass is 9.95. The van der Waals surface area contributed by atoms with Crippen molar-refractivity contribution in [1.29, 1.82) is 0 Å². The monoisotopic (exact) mass is 309 g/mol. The van der Waals surface area contributed by atoms with Gasteiger partial charge in [-0.1, -0.05) is 49.0 Å². The summed E-state index contributed by atoms with van der Waals surface area (Å²) < 4.78 is 13.1. The summed E-state index contributed by atoms with van der Waals surface area (Å²) in [6, 6.07) is 15.5. The lowest BCUT2D eigenvalue weighted by Gasteiger charge is -2.14. The zero-order valence-corrected chi connectivity index (χ0v) is 13.4. The van der Waals surface area contributed by atoms with Gasteiger partial charge in [-0.15, -0.1) is 0 Å². The number of hydrogen-bond donors (Lipinski definition) is 0. The number of hydrogen-bond acceptors (Lipinski definition) is 2. The highest BCUT2D eigenvalue weighted by Crippen LogP contribution is 2.22. The molecule has 0 aliphatic carbocycles. The Morgan fingerprint density at radius 2 is 1.70 bits per heavy atom. The van der Waals surface area contributed by atoms with Gasteiger partial charge in [-0.25, -0.2) is 4.39 Å². The molecule has 2 aromatic rings. The quantitative estimate of drug-likeness (QED) is 0.592. The Bertz CT molecular complexity index is 715. The Labute approximate surface area is 136 Å². The van der Waals surface area contributed by atoms with E-state index in [4.69, 9.17) is 0 Å². The zero-order valence-electron chi connectivity index (χ0n) is 13.4. The fourth-order valence-corrected chi connectivity index (χ4v) is 2.27. The SMILES string of the molecule is C=C(CN(C)C)C(=O)/C(=C\c1ccc(F)cc1)c1ccccc1. The summed E-state index contributed by atoms with van der Waals surface area (Å²) in [4.78, 5) is 14.7. The molecule has 0 atom stereocenters. The zero-order chi connectivity index (χ0) is 16.8. The highest BCUT2D eigenvalue weighted by atomic mass is 19.1. The van der Waals surface area contributed by atoms with Gasteiger partial charge in [0, 0.05) is 17.7 Å². The van der Waals surface area contributed by atoms with Gasteiger partial charge in [0.1, 0.15) is 5.82 Å². The maximum Gasteiger partial charge on any atom is 0.190 e. The summed E-state index contributed by atoms with van der Waals surface area (Å²) in [5.41, 5.74) is 2.68. The average molecular weight is 309 g/mol. The van der Waals surface area contributed by atoms with Crippen molar-refractivity contribution in [2.45, 2.75) is 0 Å². The molecule has 0 amide bonds. The van der Waals surface area contributed by atoms with Crippen molar-refractivity contribution in [2.24, 2.45) is 0 Å². The minimum atomic E-state index is -0.299. The van der Waals surface area contributed by atoms with Crippen molar-refractivity contribution in [3.05, 3.63) is 83.7 Å². The maximum absolute atomic E-state index is 13.1. The van der Waals surface area contributed by atoms with E-state index in [1.165, 1.54) is 12.1 Å². The van der Waals surface area contributed by atoms with Gasteiger partial charge in [-0.2, -0.15) is 0 Å². The molecule has 0 unspecified atom stereocenters. The lowest BCUT2D eigenvalue weighted by molar-refractivity contribution is -0.110. The molecule has 0 saturated heterocycles. The van der Waals surface area contributed by atoms with Crippen molar-refractivity contribution in [3.63, 3.8) is 0 Å². The summed E-state index contributed by atoms with van der Waals surface area (Å²) in [6.07, 6.45) is 1.78. The number of benzene rings is 2. The van der Waals surface area contributed by atoms with Crippen LogP contribution < -0.4 is 0 Å². The molecule has 0 aliphatic rings. The average Bonchev–Trinajstić information content (AvgIpc) is 2.54. The molecule has 0 saturated carbocycles. The number of likely N-dealkylation sites (N-methyl/N-ethyl adjacent to an activating group) is 1. The van der Waals surface area contributed by atoms with E-state index < -0.39 is 0 Å². The molecular weight excluding hydrogens is 289 g/mol. The first-order chi connectivity index (χ1) is 11.0. The molecular formula is C20H20FNO. The van der Waals surface area contributed by atoms with Crippen molar-refractivity contribution >= 4 is 17.4 Å². The maximum atomic E-state index is 13.1. The molecule has 0 N–H and O–H groups in total. The molecule has 2 rings (SSSR count). The van der Waals surface area contributed by atoms with Crippen molar-refractivity contribution in [1.82, 2.24) is 4.90 Å². The third kappa shape index (κ3) is 4.73. The van der Waals surface area contributed by atoms with E-state index in [9.17, 15) is 9.18 Å². The van der Waals surface area contributed by atoms with Gasteiger partial charge in [0.15, 0.2) is 5.78 Å². The van der Waals surface area contributed by atoms with E-state index >= 15 is 0 Å².